The molecule has 1 saturated heterocycles. The van der Waals surface area contributed by atoms with Gasteiger partial charge >= 0.3 is 6.09 Å². The molecule has 2 atom stereocenters. The fourth-order valence-corrected chi connectivity index (χ4v) is 3.79. The van der Waals surface area contributed by atoms with Gasteiger partial charge in [-0.1, -0.05) is 6.07 Å². The van der Waals surface area contributed by atoms with Crippen molar-refractivity contribution in [3.05, 3.63) is 30.1 Å². The molecule has 0 unspecified atom stereocenters. The van der Waals surface area contributed by atoms with Crippen LogP contribution in [-0.2, 0) is 33.3 Å². The summed E-state index contributed by atoms with van der Waals surface area (Å²) in [7, 11) is 1.71. The summed E-state index contributed by atoms with van der Waals surface area (Å²) in [6.07, 6.45) is 3.07. The molecule has 2 N–H and O–H groups in total. The summed E-state index contributed by atoms with van der Waals surface area (Å²) in [5.41, 5.74) is 0.324. The van der Waals surface area contributed by atoms with Crippen LogP contribution in [0.25, 0.3) is 0 Å². The van der Waals surface area contributed by atoms with Crippen LogP contribution in [0.3, 0.4) is 0 Å². The molecule has 3 amide bonds. The van der Waals surface area contributed by atoms with Gasteiger partial charge in [-0.15, -0.1) is 0 Å². The molecule has 0 radical (unpaired) electrons. The van der Waals surface area contributed by atoms with Crippen molar-refractivity contribution in [1.29, 1.82) is 0 Å². The molecular formula is C26H42N4O8. The number of alkyl carbamates (subject to hydrolysis) is 1. The molecule has 2 rings (SSSR count). The zero-order chi connectivity index (χ0) is 27.8. The van der Waals surface area contributed by atoms with Gasteiger partial charge in [-0.25, -0.2) is 4.79 Å². The van der Waals surface area contributed by atoms with E-state index >= 15 is 0 Å². The summed E-state index contributed by atoms with van der Waals surface area (Å²) in [6.45, 7) is 9.37. The number of amides is 3. The van der Waals surface area contributed by atoms with Crippen molar-refractivity contribution in [2.75, 3.05) is 73.0 Å². The quantitative estimate of drug-likeness (QED) is 0.281. The average molecular weight is 539 g/mol. The zero-order valence-electron chi connectivity index (χ0n) is 22.9. The van der Waals surface area contributed by atoms with Crippen molar-refractivity contribution in [3.8, 4) is 0 Å². The van der Waals surface area contributed by atoms with E-state index in [9.17, 15) is 14.4 Å². The second-order valence-electron chi connectivity index (χ2n) is 9.72. The van der Waals surface area contributed by atoms with E-state index in [1.165, 1.54) is 0 Å². The molecule has 214 valence electrons. The summed E-state index contributed by atoms with van der Waals surface area (Å²) in [5, 5.41) is 5.48. The van der Waals surface area contributed by atoms with Gasteiger partial charge in [-0.3, -0.25) is 14.6 Å². The molecular weight excluding hydrogens is 496 g/mol. The normalized spacial score (nSPS) is 17.5. The van der Waals surface area contributed by atoms with Crippen LogP contribution < -0.4 is 10.6 Å². The minimum atomic E-state index is -0.521. The molecule has 2 heterocycles. The number of hydrogen-bond acceptors (Lipinski definition) is 9. The van der Waals surface area contributed by atoms with E-state index in [1.807, 2.05) is 6.07 Å². The first kappa shape index (κ1) is 31.4. The lowest BCUT2D eigenvalue weighted by Gasteiger charge is -2.24. The third-order valence-corrected chi connectivity index (χ3v) is 5.53. The van der Waals surface area contributed by atoms with Crippen molar-refractivity contribution in [2.45, 2.75) is 38.8 Å². The SMILES string of the molecule is CN1C(=O)C[C@H](C(=O)NCCOCCOCCOCCOCCNC(=O)OC(C)(C)C)[C@H]1c1cccnc1. The summed E-state index contributed by atoms with van der Waals surface area (Å²) >= 11 is 0. The molecule has 1 fully saturated rings. The predicted octanol–water partition coefficient (Wildman–Crippen LogP) is 1.31. The maximum atomic E-state index is 12.7. The summed E-state index contributed by atoms with van der Waals surface area (Å²) < 4.78 is 26.9. The molecule has 0 bridgehead atoms. The second kappa shape index (κ2) is 16.9. The molecule has 1 aromatic rings. The van der Waals surface area contributed by atoms with Gasteiger partial charge in [0.1, 0.15) is 5.60 Å². The molecule has 12 heteroatoms. The fraction of sp³-hybridized carbons (Fsp3) is 0.692. The Kier molecular flexibility index (Phi) is 14.0. The van der Waals surface area contributed by atoms with Gasteiger partial charge in [0.05, 0.1) is 64.8 Å². The molecule has 1 aromatic heterocycles. The maximum Gasteiger partial charge on any atom is 0.407 e. The van der Waals surface area contributed by atoms with Crippen LogP contribution >= 0.6 is 0 Å². The van der Waals surface area contributed by atoms with E-state index in [2.05, 4.69) is 15.6 Å². The zero-order valence-corrected chi connectivity index (χ0v) is 22.9. The number of pyridine rings is 1. The van der Waals surface area contributed by atoms with Gasteiger partial charge in [0.25, 0.3) is 0 Å². The number of carbonyl (C=O) groups is 3. The van der Waals surface area contributed by atoms with Crippen molar-refractivity contribution in [3.63, 3.8) is 0 Å². The Bertz CT molecular complexity index is 849. The lowest BCUT2D eigenvalue weighted by molar-refractivity contribution is -0.128. The highest BCUT2D eigenvalue weighted by molar-refractivity contribution is 5.90. The first-order valence-corrected chi connectivity index (χ1v) is 12.9. The van der Waals surface area contributed by atoms with E-state index in [-0.39, 0.29) is 24.3 Å². The number of aromatic nitrogens is 1. The van der Waals surface area contributed by atoms with Gasteiger partial charge < -0.3 is 39.2 Å². The summed E-state index contributed by atoms with van der Waals surface area (Å²) in [5.74, 6) is -0.687. The summed E-state index contributed by atoms with van der Waals surface area (Å²) in [4.78, 5) is 42.1. The Labute approximate surface area is 224 Å². The van der Waals surface area contributed by atoms with Crippen LogP contribution in [-0.4, -0.2) is 106 Å². The Balaban J connectivity index is 1.41. The Morgan fingerprint density at radius 2 is 1.50 bits per heavy atom. The monoisotopic (exact) mass is 538 g/mol. The van der Waals surface area contributed by atoms with Crippen LogP contribution in [0.5, 0.6) is 0 Å². The molecule has 0 spiro atoms. The Morgan fingerprint density at radius 3 is 2.03 bits per heavy atom. The number of likely N-dealkylation sites (tertiary alicyclic amines) is 1. The molecule has 12 nitrogen and oxygen atoms in total. The number of carbonyl (C=O) groups excluding carboxylic acids is 3. The topological polar surface area (TPSA) is 138 Å². The van der Waals surface area contributed by atoms with Crippen molar-refractivity contribution in [1.82, 2.24) is 20.5 Å². The molecule has 0 saturated carbocycles. The lowest BCUT2D eigenvalue weighted by atomic mass is 9.94. The van der Waals surface area contributed by atoms with E-state index < -0.39 is 17.6 Å². The highest BCUT2D eigenvalue weighted by atomic mass is 16.6. The van der Waals surface area contributed by atoms with Crippen molar-refractivity contribution < 1.29 is 38.1 Å². The van der Waals surface area contributed by atoms with Gasteiger partial charge in [-0.2, -0.15) is 0 Å². The first-order valence-electron chi connectivity index (χ1n) is 12.9. The van der Waals surface area contributed by atoms with Crippen LogP contribution in [0.2, 0.25) is 0 Å². The highest BCUT2D eigenvalue weighted by Crippen LogP contribution is 2.36. The maximum absolute atomic E-state index is 12.7. The second-order valence-corrected chi connectivity index (χ2v) is 9.72. The van der Waals surface area contributed by atoms with Crippen LogP contribution in [0.15, 0.2) is 24.5 Å². The van der Waals surface area contributed by atoms with Gasteiger partial charge in [-0.05, 0) is 32.4 Å². The minimum Gasteiger partial charge on any atom is -0.444 e. The summed E-state index contributed by atoms with van der Waals surface area (Å²) in [6, 6.07) is 3.36. The molecule has 0 aliphatic carbocycles. The predicted molar refractivity (Wildman–Crippen MR) is 138 cm³/mol. The van der Waals surface area contributed by atoms with Gasteiger partial charge in [0, 0.05) is 39.0 Å². The van der Waals surface area contributed by atoms with E-state index in [0.717, 1.165) is 5.56 Å². The fourth-order valence-electron chi connectivity index (χ4n) is 3.79. The van der Waals surface area contributed by atoms with Crippen LogP contribution in [0.1, 0.15) is 38.8 Å². The Hall–Kier alpha value is -2.80. The standard InChI is InChI=1S/C26H42N4O8/c1-26(2,3)38-25(33)29-9-11-35-13-15-37-17-16-36-14-12-34-10-8-28-24(32)21-18-22(31)30(4)23(21)20-6-5-7-27-19-20/h5-7,19,21,23H,8-18H2,1-4H3,(H,28,32)(H,29,33)/t21-,23+/m0/s1. The molecule has 1 aliphatic heterocycles. The van der Waals surface area contributed by atoms with E-state index in [4.69, 9.17) is 23.7 Å². The lowest BCUT2D eigenvalue weighted by Crippen LogP contribution is -2.36. The average Bonchev–Trinajstić information content (AvgIpc) is 3.17. The number of ether oxygens (including phenoxy) is 5. The largest absolute Gasteiger partial charge is 0.444 e. The number of nitrogens with zero attached hydrogens (tertiary/aromatic N) is 2. The smallest absolute Gasteiger partial charge is 0.407 e. The highest BCUT2D eigenvalue weighted by Gasteiger charge is 2.42. The van der Waals surface area contributed by atoms with E-state index in [0.29, 0.717) is 65.9 Å². The van der Waals surface area contributed by atoms with E-state index in [1.54, 1.807) is 51.2 Å². The molecule has 1 aliphatic rings. The number of hydrogen-bond donors (Lipinski definition) is 2. The van der Waals surface area contributed by atoms with Crippen LogP contribution in [0.4, 0.5) is 4.79 Å². The number of nitrogens with one attached hydrogen (secondary N) is 2. The molecule has 0 aromatic carbocycles. The van der Waals surface area contributed by atoms with Gasteiger partial charge in [0.2, 0.25) is 11.8 Å². The van der Waals surface area contributed by atoms with Crippen molar-refractivity contribution in [2.24, 2.45) is 5.92 Å². The minimum absolute atomic E-state index is 0.0588. The third-order valence-electron chi connectivity index (χ3n) is 5.53. The number of rotatable bonds is 17. The Morgan fingerprint density at radius 1 is 0.947 bits per heavy atom. The van der Waals surface area contributed by atoms with Crippen molar-refractivity contribution >= 4 is 17.9 Å². The third kappa shape index (κ3) is 12.2. The van der Waals surface area contributed by atoms with Gasteiger partial charge in [0.15, 0.2) is 0 Å². The van der Waals surface area contributed by atoms with Crippen LogP contribution in [0, 0.1) is 5.92 Å². The molecule has 38 heavy (non-hydrogen) atoms. The first-order chi connectivity index (χ1) is 18.2.